The second-order valence-corrected chi connectivity index (χ2v) is 5.50. The van der Waals surface area contributed by atoms with Gasteiger partial charge in [-0.05, 0) is 50.7 Å². The van der Waals surface area contributed by atoms with E-state index in [1.54, 1.807) is 0 Å². The number of nitrogens with zero attached hydrogens (tertiary/aromatic N) is 2. The van der Waals surface area contributed by atoms with Gasteiger partial charge in [0.15, 0.2) is 0 Å². The first-order valence-corrected chi connectivity index (χ1v) is 7.43. The molecule has 2 rings (SSSR count). The SMILES string of the molecule is CCN1CCCC1CN(C)c1ccc(CNC)cc1. The molecule has 3 nitrogen and oxygen atoms in total. The highest BCUT2D eigenvalue weighted by atomic mass is 15.2. The van der Waals surface area contributed by atoms with Crippen LogP contribution in [0.5, 0.6) is 0 Å². The molecule has 0 spiro atoms. The third-order valence-electron chi connectivity index (χ3n) is 4.15. The molecule has 1 atom stereocenters. The van der Waals surface area contributed by atoms with Crippen molar-refractivity contribution in [3.05, 3.63) is 29.8 Å². The van der Waals surface area contributed by atoms with Gasteiger partial charge in [0, 0.05) is 31.9 Å². The van der Waals surface area contributed by atoms with Crippen LogP contribution in [0.25, 0.3) is 0 Å². The van der Waals surface area contributed by atoms with Crippen molar-refractivity contribution < 1.29 is 0 Å². The molecule has 0 aromatic heterocycles. The highest BCUT2D eigenvalue weighted by Crippen LogP contribution is 2.20. The van der Waals surface area contributed by atoms with Gasteiger partial charge < -0.3 is 10.2 Å². The summed E-state index contributed by atoms with van der Waals surface area (Å²) < 4.78 is 0. The minimum Gasteiger partial charge on any atom is -0.373 e. The Kier molecular flexibility index (Phi) is 5.23. The normalized spacial score (nSPS) is 19.8. The average molecular weight is 261 g/mol. The van der Waals surface area contributed by atoms with E-state index in [-0.39, 0.29) is 0 Å². The lowest BCUT2D eigenvalue weighted by Gasteiger charge is -2.29. The first-order valence-electron chi connectivity index (χ1n) is 7.43. The summed E-state index contributed by atoms with van der Waals surface area (Å²) in [6, 6.07) is 9.63. The maximum absolute atomic E-state index is 3.18. The molecule has 1 aromatic rings. The zero-order valence-electron chi connectivity index (χ0n) is 12.5. The Hall–Kier alpha value is -1.06. The summed E-state index contributed by atoms with van der Waals surface area (Å²) in [5, 5.41) is 3.18. The molecule has 1 saturated heterocycles. The van der Waals surface area contributed by atoms with E-state index in [2.05, 4.69) is 53.4 Å². The number of hydrogen-bond donors (Lipinski definition) is 1. The zero-order valence-corrected chi connectivity index (χ0v) is 12.5. The van der Waals surface area contributed by atoms with Crippen LogP contribution in [0.1, 0.15) is 25.3 Å². The molecule has 1 aliphatic heterocycles. The van der Waals surface area contributed by atoms with Crippen molar-refractivity contribution in [3.8, 4) is 0 Å². The third kappa shape index (κ3) is 3.71. The van der Waals surface area contributed by atoms with Crippen LogP contribution >= 0.6 is 0 Å². The molecule has 0 aliphatic carbocycles. The van der Waals surface area contributed by atoms with Crippen LogP contribution < -0.4 is 10.2 Å². The molecule has 0 amide bonds. The Bertz CT molecular complexity index is 374. The predicted molar refractivity (Wildman–Crippen MR) is 82.7 cm³/mol. The zero-order chi connectivity index (χ0) is 13.7. The van der Waals surface area contributed by atoms with Gasteiger partial charge in [0.1, 0.15) is 0 Å². The number of nitrogens with one attached hydrogen (secondary N) is 1. The minimum atomic E-state index is 0.729. The molecule has 19 heavy (non-hydrogen) atoms. The van der Waals surface area contributed by atoms with Crippen LogP contribution in [0.4, 0.5) is 5.69 Å². The number of likely N-dealkylation sites (N-methyl/N-ethyl adjacent to an activating group) is 2. The van der Waals surface area contributed by atoms with Crippen molar-refractivity contribution >= 4 is 5.69 Å². The van der Waals surface area contributed by atoms with Crippen LogP contribution in [0.15, 0.2) is 24.3 Å². The van der Waals surface area contributed by atoms with E-state index in [1.807, 2.05) is 7.05 Å². The van der Waals surface area contributed by atoms with Crippen molar-refractivity contribution in [2.24, 2.45) is 0 Å². The Balaban J connectivity index is 1.93. The van der Waals surface area contributed by atoms with Crippen LogP contribution in [0.3, 0.4) is 0 Å². The summed E-state index contributed by atoms with van der Waals surface area (Å²) in [5.41, 5.74) is 2.67. The first kappa shape index (κ1) is 14.4. The molecule has 0 radical (unpaired) electrons. The van der Waals surface area contributed by atoms with E-state index in [1.165, 1.54) is 37.2 Å². The molecule has 1 heterocycles. The highest BCUT2D eigenvalue weighted by Gasteiger charge is 2.23. The van der Waals surface area contributed by atoms with Gasteiger partial charge in [0.2, 0.25) is 0 Å². The molecule has 1 aromatic carbocycles. The summed E-state index contributed by atoms with van der Waals surface area (Å²) in [4.78, 5) is 4.99. The maximum atomic E-state index is 3.18. The Morgan fingerprint density at radius 3 is 2.68 bits per heavy atom. The van der Waals surface area contributed by atoms with Gasteiger partial charge >= 0.3 is 0 Å². The van der Waals surface area contributed by atoms with Crippen LogP contribution in [0.2, 0.25) is 0 Å². The molecule has 1 aliphatic rings. The molecule has 0 bridgehead atoms. The quantitative estimate of drug-likeness (QED) is 0.848. The van der Waals surface area contributed by atoms with E-state index >= 15 is 0 Å². The number of likely N-dealkylation sites (tertiary alicyclic amines) is 1. The lowest BCUT2D eigenvalue weighted by Crippen LogP contribution is -2.38. The Morgan fingerprint density at radius 2 is 2.05 bits per heavy atom. The van der Waals surface area contributed by atoms with Crippen molar-refractivity contribution in [1.82, 2.24) is 10.2 Å². The lowest BCUT2D eigenvalue weighted by molar-refractivity contribution is 0.270. The summed E-state index contributed by atoms with van der Waals surface area (Å²) in [6.07, 6.45) is 2.70. The van der Waals surface area contributed by atoms with Gasteiger partial charge in [0.25, 0.3) is 0 Å². The second-order valence-electron chi connectivity index (χ2n) is 5.50. The highest BCUT2D eigenvalue weighted by molar-refractivity contribution is 5.47. The van der Waals surface area contributed by atoms with Gasteiger partial charge in [-0.3, -0.25) is 4.90 Å². The molecular formula is C16H27N3. The fraction of sp³-hybridized carbons (Fsp3) is 0.625. The van der Waals surface area contributed by atoms with E-state index in [4.69, 9.17) is 0 Å². The van der Waals surface area contributed by atoms with Crippen LogP contribution in [-0.4, -0.2) is 44.7 Å². The number of benzene rings is 1. The largest absolute Gasteiger partial charge is 0.373 e. The van der Waals surface area contributed by atoms with E-state index < -0.39 is 0 Å². The van der Waals surface area contributed by atoms with E-state index in [0.29, 0.717) is 0 Å². The summed E-state index contributed by atoms with van der Waals surface area (Å²) in [7, 11) is 4.19. The van der Waals surface area contributed by atoms with Gasteiger partial charge in [-0.15, -0.1) is 0 Å². The molecule has 1 fully saturated rings. The van der Waals surface area contributed by atoms with Gasteiger partial charge in [-0.2, -0.15) is 0 Å². The summed E-state index contributed by atoms with van der Waals surface area (Å²) >= 11 is 0. The number of hydrogen-bond acceptors (Lipinski definition) is 3. The smallest absolute Gasteiger partial charge is 0.0364 e. The van der Waals surface area contributed by atoms with Gasteiger partial charge in [-0.25, -0.2) is 0 Å². The molecule has 1 unspecified atom stereocenters. The van der Waals surface area contributed by atoms with E-state index in [0.717, 1.165) is 19.1 Å². The average Bonchev–Trinajstić information content (AvgIpc) is 2.87. The molecule has 0 saturated carbocycles. The number of anilines is 1. The molecule has 106 valence electrons. The topological polar surface area (TPSA) is 18.5 Å². The molecular weight excluding hydrogens is 234 g/mol. The maximum Gasteiger partial charge on any atom is 0.0364 e. The predicted octanol–water partition coefficient (Wildman–Crippen LogP) is 2.33. The van der Waals surface area contributed by atoms with Gasteiger partial charge in [0.05, 0.1) is 0 Å². The summed E-state index contributed by atoms with van der Waals surface area (Å²) in [6.45, 7) is 6.80. The van der Waals surface area contributed by atoms with Crippen molar-refractivity contribution in [2.45, 2.75) is 32.4 Å². The fourth-order valence-electron chi connectivity index (χ4n) is 3.01. The van der Waals surface area contributed by atoms with Crippen molar-refractivity contribution in [3.63, 3.8) is 0 Å². The summed E-state index contributed by atoms with van der Waals surface area (Å²) in [5.74, 6) is 0. The number of rotatable bonds is 6. The van der Waals surface area contributed by atoms with Gasteiger partial charge in [-0.1, -0.05) is 19.1 Å². The third-order valence-corrected chi connectivity index (χ3v) is 4.15. The first-order chi connectivity index (χ1) is 9.24. The lowest BCUT2D eigenvalue weighted by atomic mass is 10.1. The monoisotopic (exact) mass is 261 g/mol. The van der Waals surface area contributed by atoms with Crippen LogP contribution in [-0.2, 0) is 6.54 Å². The van der Waals surface area contributed by atoms with E-state index in [9.17, 15) is 0 Å². The molecule has 3 heteroatoms. The Morgan fingerprint density at radius 1 is 1.32 bits per heavy atom. The standard InChI is InChI=1S/C16H27N3/c1-4-19-11-5-6-16(19)13-18(3)15-9-7-14(8-10-15)12-17-2/h7-10,16-17H,4-6,11-13H2,1-3H3. The minimum absolute atomic E-state index is 0.729. The second kappa shape index (κ2) is 6.92. The molecule has 1 N–H and O–H groups in total. The Labute approximate surface area is 117 Å². The van der Waals surface area contributed by atoms with Crippen molar-refractivity contribution in [1.29, 1.82) is 0 Å². The fourth-order valence-corrected chi connectivity index (χ4v) is 3.01. The van der Waals surface area contributed by atoms with Crippen LogP contribution in [0, 0.1) is 0 Å². The van der Waals surface area contributed by atoms with Crippen molar-refractivity contribution in [2.75, 3.05) is 38.6 Å².